The molecule has 1 fully saturated rings. The van der Waals surface area contributed by atoms with Crippen LogP contribution in [0, 0.1) is 0 Å². The van der Waals surface area contributed by atoms with Crippen LogP contribution in [-0.2, 0) is 10.9 Å². The molecule has 1 aliphatic rings. The van der Waals surface area contributed by atoms with Gasteiger partial charge in [-0.1, -0.05) is 6.92 Å². The molecule has 2 rings (SSSR count). The zero-order chi connectivity index (χ0) is 14.0. The molecule has 1 aromatic rings. The van der Waals surface area contributed by atoms with Crippen molar-refractivity contribution in [2.45, 2.75) is 25.6 Å². The second-order valence-electron chi connectivity index (χ2n) is 4.48. The highest BCUT2D eigenvalue weighted by atomic mass is 19.4. The predicted octanol–water partition coefficient (Wildman–Crippen LogP) is 2.30. The number of aromatic nitrogens is 1. The van der Waals surface area contributed by atoms with Crippen molar-refractivity contribution >= 4 is 11.6 Å². The number of pyridine rings is 1. The number of alkyl halides is 3. The monoisotopic (exact) mass is 275 g/mol. The van der Waals surface area contributed by atoms with Crippen molar-refractivity contribution in [2.75, 3.05) is 30.3 Å². The molecule has 0 bridgehead atoms. The minimum Gasteiger partial charge on any atom is -0.384 e. The van der Waals surface area contributed by atoms with E-state index in [0.29, 0.717) is 19.7 Å². The third kappa shape index (κ3) is 3.28. The number of halogens is 3. The molecule has 1 aliphatic heterocycles. The Kier molecular flexibility index (Phi) is 3.84. The van der Waals surface area contributed by atoms with E-state index >= 15 is 0 Å². The smallest absolute Gasteiger partial charge is 0.384 e. The number of hydrogen-bond acceptors (Lipinski definition) is 4. The molecule has 0 saturated carbocycles. The van der Waals surface area contributed by atoms with Crippen LogP contribution >= 0.6 is 0 Å². The Hall–Kier alpha value is -1.50. The number of rotatable bonds is 2. The fourth-order valence-corrected chi connectivity index (χ4v) is 2.04. The van der Waals surface area contributed by atoms with Gasteiger partial charge in [-0.15, -0.1) is 0 Å². The van der Waals surface area contributed by atoms with Gasteiger partial charge in [0.25, 0.3) is 0 Å². The van der Waals surface area contributed by atoms with Gasteiger partial charge in [0.15, 0.2) is 0 Å². The molecule has 0 amide bonds. The minimum atomic E-state index is -4.41. The highest BCUT2D eigenvalue weighted by Crippen LogP contribution is 2.32. The van der Waals surface area contributed by atoms with E-state index in [0.717, 1.165) is 18.6 Å². The molecular formula is C12H16F3N3O. The van der Waals surface area contributed by atoms with Crippen LogP contribution in [-0.4, -0.2) is 30.8 Å². The quantitative estimate of drug-likeness (QED) is 0.899. The van der Waals surface area contributed by atoms with E-state index < -0.39 is 11.7 Å². The summed E-state index contributed by atoms with van der Waals surface area (Å²) in [5, 5.41) is 0. The summed E-state index contributed by atoms with van der Waals surface area (Å²) in [6.07, 6.45) is -3.58. The Labute approximate surface area is 109 Å². The van der Waals surface area contributed by atoms with Crippen molar-refractivity contribution in [3.8, 4) is 0 Å². The maximum Gasteiger partial charge on any atom is 0.416 e. The summed E-state index contributed by atoms with van der Waals surface area (Å²) in [7, 11) is 0. The van der Waals surface area contributed by atoms with Crippen molar-refractivity contribution in [1.29, 1.82) is 0 Å². The Morgan fingerprint density at radius 3 is 2.84 bits per heavy atom. The van der Waals surface area contributed by atoms with E-state index in [9.17, 15) is 13.2 Å². The van der Waals surface area contributed by atoms with Crippen molar-refractivity contribution in [1.82, 2.24) is 4.98 Å². The molecular weight excluding hydrogens is 259 g/mol. The van der Waals surface area contributed by atoms with Gasteiger partial charge in [-0.3, -0.25) is 0 Å². The first-order valence-electron chi connectivity index (χ1n) is 6.11. The zero-order valence-corrected chi connectivity index (χ0v) is 10.6. The van der Waals surface area contributed by atoms with Crippen LogP contribution in [0.5, 0.6) is 0 Å². The lowest BCUT2D eigenvalue weighted by molar-refractivity contribution is -0.137. The van der Waals surface area contributed by atoms with Crippen LogP contribution in [0.25, 0.3) is 0 Å². The molecule has 1 aromatic heterocycles. The first kappa shape index (κ1) is 13.9. The van der Waals surface area contributed by atoms with Gasteiger partial charge in [0.2, 0.25) is 0 Å². The number of nitrogens with zero attached hydrogens (tertiary/aromatic N) is 2. The van der Waals surface area contributed by atoms with E-state index in [4.69, 9.17) is 10.5 Å². The van der Waals surface area contributed by atoms with E-state index in [2.05, 4.69) is 4.98 Å². The number of morpholine rings is 1. The van der Waals surface area contributed by atoms with Crippen molar-refractivity contribution in [3.63, 3.8) is 0 Å². The van der Waals surface area contributed by atoms with Crippen molar-refractivity contribution < 1.29 is 17.9 Å². The van der Waals surface area contributed by atoms with Crippen LogP contribution in [0.2, 0.25) is 0 Å². The lowest BCUT2D eigenvalue weighted by Crippen LogP contribution is -2.42. The summed E-state index contributed by atoms with van der Waals surface area (Å²) < 4.78 is 43.7. The molecule has 1 unspecified atom stereocenters. The van der Waals surface area contributed by atoms with Crippen molar-refractivity contribution in [3.05, 3.63) is 17.7 Å². The average Bonchev–Trinajstić information content (AvgIpc) is 2.37. The Bertz CT molecular complexity index is 450. The Morgan fingerprint density at radius 1 is 1.47 bits per heavy atom. The van der Waals surface area contributed by atoms with Crippen molar-refractivity contribution in [2.24, 2.45) is 0 Å². The molecule has 106 valence electrons. The molecule has 2 heterocycles. The maximum atomic E-state index is 12.7. The average molecular weight is 275 g/mol. The summed E-state index contributed by atoms with van der Waals surface area (Å²) in [4.78, 5) is 5.77. The van der Waals surface area contributed by atoms with Crippen LogP contribution < -0.4 is 10.6 Å². The van der Waals surface area contributed by atoms with Gasteiger partial charge in [0.1, 0.15) is 11.6 Å². The standard InChI is InChI=1S/C12H16F3N3O/c1-2-9-7-18(3-4-19-9)11-6-8(12(13,14)15)5-10(16)17-11/h5-6,9H,2-4,7H2,1H3,(H2,16,17). The second kappa shape index (κ2) is 5.24. The molecule has 0 spiro atoms. The maximum absolute atomic E-state index is 12.7. The molecule has 0 aromatic carbocycles. The van der Waals surface area contributed by atoms with Crippen LogP contribution in [0.1, 0.15) is 18.9 Å². The largest absolute Gasteiger partial charge is 0.416 e. The summed E-state index contributed by atoms with van der Waals surface area (Å²) in [6, 6.07) is 1.88. The molecule has 19 heavy (non-hydrogen) atoms. The third-order valence-corrected chi connectivity index (χ3v) is 3.08. The molecule has 4 nitrogen and oxygen atoms in total. The molecule has 7 heteroatoms. The van der Waals surface area contributed by atoms with E-state index in [-0.39, 0.29) is 17.7 Å². The van der Waals surface area contributed by atoms with E-state index in [1.807, 2.05) is 6.92 Å². The number of nitrogens with two attached hydrogens (primary N) is 1. The van der Waals surface area contributed by atoms with Gasteiger partial charge in [-0.05, 0) is 18.6 Å². The van der Waals surface area contributed by atoms with E-state index in [1.54, 1.807) is 4.90 Å². The van der Waals surface area contributed by atoms with Gasteiger partial charge in [-0.2, -0.15) is 13.2 Å². The highest BCUT2D eigenvalue weighted by molar-refractivity contribution is 5.49. The summed E-state index contributed by atoms with van der Waals surface area (Å²) in [5.41, 5.74) is 4.69. The lowest BCUT2D eigenvalue weighted by Gasteiger charge is -2.33. The van der Waals surface area contributed by atoms with Gasteiger partial charge >= 0.3 is 6.18 Å². The van der Waals surface area contributed by atoms with Gasteiger partial charge in [-0.25, -0.2) is 4.98 Å². The topological polar surface area (TPSA) is 51.4 Å². The fraction of sp³-hybridized carbons (Fsp3) is 0.583. The SMILES string of the molecule is CCC1CN(c2cc(C(F)(F)F)cc(N)n2)CCO1. The number of ether oxygens (including phenoxy) is 1. The number of hydrogen-bond donors (Lipinski definition) is 1. The molecule has 1 atom stereocenters. The predicted molar refractivity (Wildman–Crippen MR) is 65.9 cm³/mol. The lowest BCUT2D eigenvalue weighted by atomic mass is 10.2. The van der Waals surface area contributed by atoms with E-state index in [1.165, 1.54) is 0 Å². The fourth-order valence-electron chi connectivity index (χ4n) is 2.04. The van der Waals surface area contributed by atoms with Gasteiger partial charge in [0, 0.05) is 13.1 Å². The molecule has 2 N–H and O–H groups in total. The van der Waals surface area contributed by atoms with Crippen LogP contribution in [0.4, 0.5) is 24.8 Å². The third-order valence-electron chi connectivity index (χ3n) is 3.08. The number of nitrogen functional groups attached to an aromatic ring is 1. The Morgan fingerprint density at radius 2 is 2.21 bits per heavy atom. The first-order valence-corrected chi connectivity index (χ1v) is 6.11. The number of anilines is 2. The van der Waals surface area contributed by atoms with Crippen LogP contribution in [0.15, 0.2) is 12.1 Å². The van der Waals surface area contributed by atoms with Gasteiger partial charge in [0.05, 0.1) is 18.3 Å². The van der Waals surface area contributed by atoms with Gasteiger partial charge < -0.3 is 15.4 Å². The normalized spacial score (nSPS) is 20.6. The van der Waals surface area contributed by atoms with Crippen LogP contribution in [0.3, 0.4) is 0 Å². The highest BCUT2D eigenvalue weighted by Gasteiger charge is 2.32. The Balaban J connectivity index is 2.26. The summed E-state index contributed by atoms with van der Waals surface area (Å²) in [5.74, 6) is 0.137. The minimum absolute atomic E-state index is 0.0197. The second-order valence-corrected chi connectivity index (χ2v) is 4.48. The first-order chi connectivity index (χ1) is 8.90. The zero-order valence-electron chi connectivity index (χ0n) is 10.6. The molecule has 1 saturated heterocycles. The molecule has 0 aliphatic carbocycles. The summed E-state index contributed by atoms with van der Waals surface area (Å²) in [6.45, 7) is 3.51. The summed E-state index contributed by atoms with van der Waals surface area (Å²) >= 11 is 0. The molecule has 0 radical (unpaired) electrons.